The maximum Gasteiger partial charge on any atom is 0.410 e. The largest absolute Gasteiger partial charge is 0.481 e. The van der Waals surface area contributed by atoms with Crippen LogP contribution in [0.1, 0.15) is 72.6 Å². The smallest absolute Gasteiger partial charge is 0.410 e. The molecule has 4 aliphatic heterocycles. The minimum Gasteiger partial charge on any atom is -0.481 e. The number of carbonyl (C=O) groups excluding carboxylic acids is 2. The average Bonchev–Trinajstić information content (AvgIpc) is 2.99. The molecule has 0 aromatic carbocycles. The lowest BCUT2D eigenvalue weighted by Gasteiger charge is -2.48. The number of hydrogen-bond donors (Lipinski definition) is 2. The molecule has 9 heteroatoms. The number of rotatable bonds is 1. The van der Waals surface area contributed by atoms with Crippen LogP contribution in [0.3, 0.4) is 0 Å². The SMILES string of the molecule is CC(=O)O.CC(C)(C)OC(=O)N1CCC(N2CCC3(C[C@H]4CC[C@@H](C3)N4)OC2=O)CC1. The minimum absolute atomic E-state index is 0.154. The van der Waals surface area contributed by atoms with Crippen LogP contribution in [0.25, 0.3) is 0 Å². The third-order valence-electron chi connectivity index (χ3n) is 6.48. The number of amides is 2. The zero-order valence-electron chi connectivity index (χ0n) is 19.2. The number of nitrogens with zero attached hydrogens (tertiary/aromatic N) is 2. The molecule has 4 aliphatic rings. The van der Waals surface area contributed by atoms with E-state index in [9.17, 15) is 9.59 Å². The monoisotopic (exact) mass is 439 g/mol. The summed E-state index contributed by atoms with van der Waals surface area (Å²) in [5.74, 6) is -0.833. The van der Waals surface area contributed by atoms with Gasteiger partial charge in [-0.25, -0.2) is 9.59 Å². The Hall–Kier alpha value is -2.03. The summed E-state index contributed by atoms with van der Waals surface area (Å²) < 4.78 is 11.5. The average molecular weight is 440 g/mol. The Bertz CT molecular complexity index is 667. The lowest BCUT2D eigenvalue weighted by molar-refractivity contribution is -0.134. The van der Waals surface area contributed by atoms with Crippen molar-refractivity contribution < 1.29 is 29.0 Å². The lowest BCUT2D eigenvalue weighted by atomic mass is 9.83. The van der Waals surface area contributed by atoms with E-state index < -0.39 is 11.6 Å². The lowest BCUT2D eigenvalue weighted by Crippen LogP contribution is -2.59. The van der Waals surface area contributed by atoms with Gasteiger partial charge in [-0.3, -0.25) is 4.79 Å². The van der Waals surface area contributed by atoms with E-state index in [1.54, 1.807) is 4.90 Å². The van der Waals surface area contributed by atoms with Crippen LogP contribution < -0.4 is 5.32 Å². The number of carboxylic acids is 1. The molecule has 0 saturated carbocycles. The van der Waals surface area contributed by atoms with Gasteiger partial charge in [0.15, 0.2) is 0 Å². The quantitative estimate of drug-likeness (QED) is 0.646. The second-order valence-corrected chi connectivity index (χ2v) is 10.3. The fraction of sp³-hybridized carbons (Fsp3) is 0.864. The normalized spacial score (nSPS) is 31.0. The molecular weight excluding hydrogens is 402 g/mol. The number of ether oxygens (including phenoxy) is 2. The van der Waals surface area contributed by atoms with Gasteiger partial charge in [-0.05, 0) is 46.5 Å². The predicted octanol–water partition coefficient (Wildman–Crippen LogP) is 2.97. The highest BCUT2D eigenvalue weighted by molar-refractivity contribution is 5.70. The van der Waals surface area contributed by atoms with Gasteiger partial charge in [0.05, 0.1) is 0 Å². The van der Waals surface area contributed by atoms with E-state index in [4.69, 9.17) is 19.4 Å². The van der Waals surface area contributed by atoms with Gasteiger partial charge in [0.1, 0.15) is 11.2 Å². The third-order valence-corrected chi connectivity index (χ3v) is 6.48. The molecule has 4 heterocycles. The van der Waals surface area contributed by atoms with Crippen LogP contribution in [0.4, 0.5) is 9.59 Å². The molecule has 0 aromatic rings. The molecule has 2 N–H and O–H groups in total. The minimum atomic E-state index is -0.833. The molecule has 0 aromatic heterocycles. The van der Waals surface area contributed by atoms with Crippen molar-refractivity contribution in [2.45, 2.75) is 102 Å². The van der Waals surface area contributed by atoms with Crippen molar-refractivity contribution in [1.82, 2.24) is 15.1 Å². The van der Waals surface area contributed by atoms with Crippen molar-refractivity contribution in [1.29, 1.82) is 0 Å². The van der Waals surface area contributed by atoms with Crippen LogP contribution in [0.15, 0.2) is 0 Å². The highest BCUT2D eigenvalue weighted by Gasteiger charge is 2.50. The summed E-state index contributed by atoms with van der Waals surface area (Å²) in [7, 11) is 0. The predicted molar refractivity (Wildman–Crippen MR) is 114 cm³/mol. The third kappa shape index (κ3) is 6.24. The van der Waals surface area contributed by atoms with Crippen LogP contribution in [-0.4, -0.2) is 82.0 Å². The Morgan fingerprint density at radius 3 is 2.13 bits per heavy atom. The second kappa shape index (κ2) is 9.22. The summed E-state index contributed by atoms with van der Waals surface area (Å²) in [6, 6.07) is 1.19. The molecule has 0 radical (unpaired) electrons. The molecule has 0 aliphatic carbocycles. The van der Waals surface area contributed by atoms with Crippen molar-refractivity contribution in [3.8, 4) is 0 Å². The van der Waals surface area contributed by atoms with Crippen molar-refractivity contribution in [2.24, 2.45) is 0 Å². The zero-order valence-corrected chi connectivity index (χ0v) is 19.2. The molecule has 9 nitrogen and oxygen atoms in total. The van der Waals surface area contributed by atoms with Crippen molar-refractivity contribution >= 4 is 18.2 Å². The Balaban J connectivity index is 0.000000628. The summed E-state index contributed by atoms with van der Waals surface area (Å²) >= 11 is 0. The summed E-state index contributed by atoms with van der Waals surface area (Å²) in [6.07, 6.45) is 6.42. The van der Waals surface area contributed by atoms with Crippen molar-refractivity contribution in [2.75, 3.05) is 19.6 Å². The summed E-state index contributed by atoms with van der Waals surface area (Å²) in [5.41, 5.74) is -0.727. The number of piperidine rings is 2. The van der Waals surface area contributed by atoms with Gasteiger partial charge in [-0.2, -0.15) is 0 Å². The van der Waals surface area contributed by atoms with E-state index in [1.807, 2.05) is 25.7 Å². The number of hydrogen-bond acceptors (Lipinski definition) is 6. The summed E-state index contributed by atoms with van der Waals surface area (Å²) in [4.78, 5) is 37.7. The van der Waals surface area contributed by atoms with Crippen LogP contribution in [-0.2, 0) is 14.3 Å². The first kappa shape index (κ1) is 23.6. The first-order valence-corrected chi connectivity index (χ1v) is 11.4. The Kier molecular flexibility index (Phi) is 7.03. The molecule has 4 fully saturated rings. The Morgan fingerprint density at radius 1 is 1.10 bits per heavy atom. The van der Waals surface area contributed by atoms with E-state index in [-0.39, 0.29) is 23.8 Å². The number of fused-ring (bicyclic) bond motifs is 2. The van der Waals surface area contributed by atoms with Gasteiger partial charge in [0.25, 0.3) is 5.97 Å². The molecule has 3 atom stereocenters. The van der Waals surface area contributed by atoms with Gasteiger partial charge in [0.2, 0.25) is 0 Å². The van der Waals surface area contributed by atoms with E-state index in [0.29, 0.717) is 25.2 Å². The molecule has 2 bridgehead atoms. The number of carboxylic acid groups (broad SMARTS) is 1. The van der Waals surface area contributed by atoms with E-state index >= 15 is 0 Å². The fourth-order valence-electron chi connectivity index (χ4n) is 5.22. The maximum atomic E-state index is 12.8. The number of carbonyl (C=O) groups is 3. The molecule has 1 spiro atoms. The van der Waals surface area contributed by atoms with Crippen LogP contribution in [0.2, 0.25) is 0 Å². The Morgan fingerprint density at radius 2 is 1.65 bits per heavy atom. The molecule has 4 saturated heterocycles. The van der Waals surface area contributed by atoms with Crippen LogP contribution in [0.5, 0.6) is 0 Å². The van der Waals surface area contributed by atoms with Crippen LogP contribution >= 0.6 is 0 Å². The first-order chi connectivity index (χ1) is 14.5. The van der Waals surface area contributed by atoms with Crippen molar-refractivity contribution in [3.05, 3.63) is 0 Å². The number of aliphatic carboxylic acids is 1. The van der Waals surface area contributed by atoms with E-state index in [1.165, 1.54) is 12.8 Å². The van der Waals surface area contributed by atoms with Gasteiger partial charge < -0.3 is 29.7 Å². The fourth-order valence-corrected chi connectivity index (χ4v) is 5.22. The highest BCUT2D eigenvalue weighted by atomic mass is 16.6. The maximum absolute atomic E-state index is 12.8. The summed E-state index contributed by atoms with van der Waals surface area (Å²) in [6.45, 7) is 8.75. The Labute approximate surface area is 184 Å². The zero-order chi connectivity index (χ0) is 22.8. The summed E-state index contributed by atoms with van der Waals surface area (Å²) in [5, 5.41) is 11.0. The molecule has 4 rings (SSSR count). The molecule has 1 unspecified atom stereocenters. The van der Waals surface area contributed by atoms with Gasteiger partial charge in [-0.15, -0.1) is 0 Å². The van der Waals surface area contributed by atoms with Gasteiger partial charge >= 0.3 is 12.2 Å². The number of nitrogens with one attached hydrogen (secondary N) is 1. The van der Waals surface area contributed by atoms with Gasteiger partial charge in [-0.1, -0.05) is 0 Å². The standard InChI is InChI=1S/C20H33N3O4.C2H4O2/c1-19(2,3)26-17(24)22-9-6-16(7-10-22)23-11-8-20(27-18(23)25)12-14-4-5-15(13-20)21-14;1-2(3)4/h14-16,21H,4-13H2,1-3H3;1H3,(H,3,4)/t14-,15+,20?;. The van der Waals surface area contributed by atoms with E-state index in [2.05, 4.69) is 5.32 Å². The van der Waals surface area contributed by atoms with Crippen molar-refractivity contribution in [3.63, 3.8) is 0 Å². The first-order valence-electron chi connectivity index (χ1n) is 11.4. The number of likely N-dealkylation sites (tertiary alicyclic amines) is 1. The van der Waals surface area contributed by atoms with E-state index in [0.717, 1.165) is 45.6 Å². The highest BCUT2D eigenvalue weighted by Crippen LogP contribution is 2.41. The molecule has 176 valence electrons. The second-order valence-electron chi connectivity index (χ2n) is 10.3. The van der Waals surface area contributed by atoms with Gasteiger partial charge in [0, 0.05) is 63.9 Å². The molecular formula is C22H37N3O6. The molecule has 2 amide bonds. The van der Waals surface area contributed by atoms with Crippen LogP contribution in [0, 0.1) is 0 Å². The topological polar surface area (TPSA) is 108 Å². The molecule has 31 heavy (non-hydrogen) atoms.